The van der Waals surface area contributed by atoms with Crippen LogP contribution < -0.4 is 10.6 Å². The number of aliphatic hydroxyl groups excluding tert-OH is 2. The molecule has 8 heteroatoms. The van der Waals surface area contributed by atoms with Crippen LogP contribution in [0, 0.1) is 0 Å². The minimum absolute atomic E-state index is 0.433. The van der Waals surface area contributed by atoms with E-state index in [1.54, 1.807) is 22.7 Å². The van der Waals surface area contributed by atoms with Gasteiger partial charge in [-0.05, 0) is 90.8 Å². The van der Waals surface area contributed by atoms with E-state index in [1.165, 1.54) is 20.1 Å². The number of benzene rings is 2. The van der Waals surface area contributed by atoms with Crippen molar-refractivity contribution in [3.63, 3.8) is 0 Å². The maximum Gasteiger partial charge on any atom is 0.0914 e. The lowest BCUT2D eigenvalue weighted by Gasteiger charge is -2.11. The largest absolute Gasteiger partial charge is 0.387 e. The van der Waals surface area contributed by atoms with Crippen molar-refractivity contribution < 1.29 is 10.2 Å². The Bertz CT molecular complexity index is 1030. The number of hydrogen-bond acceptors (Lipinski definition) is 6. The van der Waals surface area contributed by atoms with Gasteiger partial charge in [0.15, 0.2) is 0 Å². The molecule has 2 aromatic heterocycles. The van der Waals surface area contributed by atoms with Crippen molar-refractivity contribution in [2.45, 2.75) is 25.0 Å². The molecular weight excluding hydrogens is 620 g/mol. The number of aliphatic hydroxyl groups is 2. The lowest BCUT2D eigenvalue weighted by atomic mass is 10.1. The molecule has 0 saturated carbocycles. The Morgan fingerprint density at radius 2 is 1.00 bits per heavy atom. The van der Waals surface area contributed by atoms with Crippen LogP contribution in [-0.4, -0.2) is 36.4 Å². The van der Waals surface area contributed by atoms with Crippen molar-refractivity contribution in [2.75, 3.05) is 26.2 Å². The quantitative estimate of drug-likeness (QED) is 0.128. The lowest BCUT2D eigenvalue weighted by molar-refractivity contribution is 0.175. The highest BCUT2D eigenvalue weighted by Crippen LogP contribution is 2.22. The first kappa shape index (κ1) is 29.2. The van der Waals surface area contributed by atoms with Gasteiger partial charge in [-0.25, -0.2) is 0 Å². The van der Waals surface area contributed by atoms with Gasteiger partial charge in [0.05, 0.1) is 12.2 Å². The lowest BCUT2D eigenvalue weighted by Crippen LogP contribution is -2.23. The Kier molecular flexibility index (Phi) is 13.4. The third-order valence-electron chi connectivity index (χ3n) is 5.56. The maximum atomic E-state index is 9.96. The number of hydrogen-bond donors (Lipinski definition) is 4. The molecule has 0 bridgehead atoms. The first-order chi connectivity index (χ1) is 17.5. The van der Waals surface area contributed by atoms with Crippen LogP contribution in [0.25, 0.3) is 0 Å². The fourth-order valence-corrected chi connectivity index (χ4v) is 6.55. The van der Waals surface area contributed by atoms with E-state index in [1.807, 2.05) is 60.7 Å². The van der Waals surface area contributed by atoms with Gasteiger partial charge in [-0.2, -0.15) is 22.7 Å². The van der Waals surface area contributed by atoms with Crippen LogP contribution in [0.3, 0.4) is 0 Å². The van der Waals surface area contributed by atoms with Crippen molar-refractivity contribution in [3.05, 3.63) is 113 Å². The van der Waals surface area contributed by atoms with E-state index in [4.69, 9.17) is 0 Å². The number of rotatable bonds is 12. The second-order valence-corrected chi connectivity index (χ2v) is 11.4. The molecule has 0 radical (unpaired) electrons. The Morgan fingerprint density at radius 1 is 0.611 bits per heavy atom. The van der Waals surface area contributed by atoms with Crippen molar-refractivity contribution in [2.24, 2.45) is 0 Å². The van der Waals surface area contributed by atoms with Gasteiger partial charge in [0.1, 0.15) is 0 Å². The van der Waals surface area contributed by atoms with Gasteiger partial charge in [0.25, 0.3) is 0 Å². The summed E-state index contributed by atoms with van der Waals surface area (Å²) >= 11 is 10.4. The molecule has 0 aliphatic heterocycles. The number of nitrogens with one attached hydrogen (secondary N) is 2. The van der Waals surface area contributed by atoms with Crippen LogP contribution in [0.5, 0.6) is 0 Å². The molecule has 0 amide bonds. The molecule has 2 aromatic carbocycles. The van der Waals surface area contributed by atoms with Crippen LogP contribution in [0.1, 0.15) is 34.5 Å². The van der Waals surface area contributed by atoms with Gasteiger partial charge in [0.2, 0.25) is 0 Å². The molecule has 4 rings (SSSR count). The Labute approximate surface area is 238 Å². The summed E-state index contributed by atoms with van der Waals surface area (Å²) in [4.78, 5) is 0. The predicted molar refractivity (Wildman–Crippen MR) is 160 cm³/mol. The van der Waals surface area contributed by atoms with Crippen LogP contribution in [0.15, 0.2) is 91.1 Å². The highest BCUT2D eigenvalue weighted by Gasteiger charge is 2.07. The smallest absolute Gasteiger partial charge is 0.0914 e. The normalized spacial score (nSPS) is 12.6. The summed E-state index contributed by atoms with van der Waals surface area (Å²) in [6.07, 6.45) is 1.09. The zero-order valence-electron chi connectivity index (χ0n) is 19.9. The van der Waals surface area contributed by atoms with E-state index in [0.717, 1.165) is 37.1 Å². The molecular formula is C28H32Br2N2O2S2. The monoisotopic (exact) mass is 650 g/mol. The third-order valence-corrected chi connectivity index (χ3v) is 9.23. The molecule has 4 N–H and O–H groups in total. The standard InChI is InChI=1S/2C14H16BrNOS/c2*15-13-10-18-9-12(13)6-7-16-8-14(17)11-4-2-1-3-5-11/h2*1-5,9-10,14,16-17H,6-8H2. The molecule has 4 nitrogen and oxygen atoms in total. The molecule has 2 unspecified atom stereocenters. The van der Waals surface area contributed by atoms with Crippen LogP contribution in [0.2, 0.25) is 0 Å². The summed E-state index contributed by atoms with van der Waals surface area (Å²) in [5, 5.41) is 35.0. The molecule has 4 aromatic rings. The molecule has 0 aliphatic carbocycles. The minimum atomic E-state index is -0.433. The van der Waals surface area contributed by atoms with Crippen molar-refractivity contribution in [1.29, 1.82) is 0 Å². The second-order valence-electron chi connectivity index (χ2n) is 8.25. The molecule has 0 saturated heterocycles. The van der Waals surface area contributed by atoms with Gasteiger partial charge >= 0.3 is 0 Å². The fraction of sp³-hybridized carbons (Fsp3) is 0.286. The summed E-state index contributed by atoms with van der Waals surface area (Å²) in [7, 11) is 0. The van der Waals surface area contributed by atoms with E-state index < -0.39 is 12.2 Å². The molecule has 192 valence electrons. The average molecular weight is 653 g/mol. The highest BCUT2D eigenvalue weighted by molar-refractivity contribution is 9.10. The van der Waals surface area contributed by atoms with Crippen LogP contribution >= 0.6 is 54.5 Å². The maximum absolute atomic E-state index is 9.96. The molecule has 2 atom stereocenters. The van der Waals surface area contributed by atoms with Crippen molar-refractivity contribution in [3.8, 4) is 0 Å². The summed E-state index contributed by atoms with van der Waals surface area (Å²) < 4.78 is 2.36. The average Bonchev–Trinajstić information content (AvgIpc) is 3.52. The Balaban J connectivity index is 0.000000201. The predicted octanol–water partition coefficient (Wildman–Crippen LogP) is 6.75. The molecule has 2 heterocycles. The third kappa shape index (κ3) is 10.2. The first-order valence-electron chi connectivity index (χ1n) is 11.8. The summed E-state index contributed by atoms with van der Waals surface area (Å²) in [5.74, 6) is 0. The van der Waals surface area contributed by atoms with Gasteiger partial charge in [-0.3, -0.25) is 0 Å². The minimum Gasteiger partial charge on any atom is -0.387 e. The van der Waals surface area contributed by atoms with Crippen molar-refractivity contribution >= 4 is 54.5 Å². The van der Waals surface area contributed by atoms with E-state index in [2.05, 4.69) is 64.0 Å². The van der Waals surface area contributed by atoms with Gasteiger partial charge in [0, 0.05) is 32.8 Å². The van der Waals surface area contributed by atoms with E-state index in [-0.39, 0.29) is 0 Å². The molecule has 0 aliphatic rings. The summed E-state index contributed by atoms with van der Waals surface area (Å²) in [6.45, 7) is 2.93. The molecule has 0 fully saturated rings. The number of halogens is 2. The van der Waals surface area contributed by atoms with E-state index in [0.29, 0.717) is 13.1 Å². The summed E-state index contributed by atoms with van der Waals surface area (Å²) in [5.41, 5.74) is 4.56. The second kappa shape index (κ2) is 16.5. The fourth-order valence-electron chi connectivity index (χ4n) is 3.48. The van der Waals surface area contributed by atoms with Gasteiger partial charge in [-0.1, -0.05) is 60.7 Å². The van der Waals surface area contributed by atoms with Gasteiger partial charge in [-0.15, -0.1) is 0 Å². The first-order valence-corrected chi connectivity index (χ1v) is 15.3. The van der Waals surface area contributed by atoms with E-state index >= 15 is 0 Å². The van der Waals surface area contributed by atoms with Gasteiger partial charge < -0.3 is 20.8 Å². The Hall–Kier alpha value is -1.36. The van der Waals surface area contributed by atoms with Crippen LogP contribution in [-0.2, 0) is 12.8 Å². The highest BCUT2D eigenvalue weighted by atomic mass is 79.9. The zero-order valence-corrected chi connectivity index (χ0v) is 24.8. The Morgan fingerprint density at radius 3 is 1.33 bits per heavy atom. The zero-order chi connectivity index (χ0) is 25.6. The number of thiophene rings is 2. The van der Waals surface area contributed by atoms with Crippen LogP contribution in [0.4, 0.5) is 0 Å². The summed E-state index contributed by atoms with van der Waals surface area (Å²) in [6, 6.07) is 19.5. The molecule has 36 heavy (non-hydrogen) atoms. The SMILES string of the molecule is OC(CNCCc1cscc1Br)c1ccccc1.OC(CNCCc1cscc1Br)c1ccccc1. The van der Waals surface area contributed by atoms with Crippen molar-refractivity contribution in [1.82, 2.24) is 10.6 Å². The van der Waals surface area contributed by atoms with E-state index in [9.17, 15) is 10.2 Å². The molecule has 0 spiro atoms. The topological polar surface area (TPSA) is 64.5 Å².